The van der Waals surface area contributed by atoms with Crippen LogP contribution in [0.2, 0.25) is 10.0 Å². The molecule has 0 aliphatic heterocycles. The van der Waals surface area contributed by atoms with E-state index in [1.165, 1.54) is 6.20 Å². The van der Waals surface area contributed by atoms with Crippen molar-refractivity contribution in [3.8, 4) is 11.6 Å². The quantitative estimate of drug-likeness (QED) is 0.394. The molecular weight excluding hydrogens is 289 g/mol. The average Bonchev–Trinajstić information content (AvgIpc) is 2.43. The number of oxime groups is 1. The van der Waals surface area contributed by atoms with Crippen molar-refractivity contribution in [1.29, 1.82) is 0 Å². The summed E-state index contributed by atoms with van der Waals surface area (Å²) in [7, 11) is 0. The molecule has 1 aromatic carbocycles. The minimum atomic E-state index is -0.0943. The van der Waals surface area contributed by atoms with E-state index in [4.69, 9.17) is 38.9 Å². The van der Waals surface area contributed by atoms with Crippen molar-refractivity contribution in [3.05, 3.63) is 52.1 Å². The highest BCUT2D eigenvalue weighted by molar-refractivity contribution is 6.42. The monoisotopic (exact) mass is 297 g/mol. The Kier molecular flexibility index (Phi) is 4.09. The fourth-order valence-corrected chi connectivity index (χ4v) is 1.66. The summed E-state index contributed by atoms with van der Waals surface area (Å²) in [6.07, 6.45) is 1.53. The number of hydrogen-bond donors (Lipinski definition) is 2. The first-order valence-corrected chi connectivity index (χ1v) is 5.93. The molecule has 19 heavy (non-hydrogen) atoms. The van der Waals surface area contributed by atoms with Crippen LogP contribution in [0.1, 0.15) is 5.56 Å². The zero-order valence-corrected chi connectivity index (χ0v) is 11.1. The summed E-state index contributed by atoms with van der Waals surface area (Å²) in [6, 6.07) is 8.06. The molecule has 0 amide bonds. The lowest BCUT2D eigenvalue weighted by molar-refractivity contribution is 0.318. The van der Waals surface area contributed by atoms with E-state index in [1.807, 2.05) is 0 Å². The third-order valence-corrected chi connectivity index (χ3v) is 3.00. The van der Waals surface area contributed by atoms with Gasteiger partial charge in [0, 0.05) is 12.3 Å². The van der Waals surface area contributed by atoms with Gasteiger partial charge < -0.3 is 15.7 Å². The van der Waals surface area contributed by atoms with Gasteiger partial charge in [0.25, 0.3) is 0 Å². The van der Waals surface area contributed by atoms with Gasteiger partial charge in [0.2, 0.25) is 5.88 Å². The zero-order valence-electron chi connectivity index (χ0n) is 9.55. The summed E-state index contributed by atoms with van der Waals surface area (Å²) in [5, 5.41) is 12.4. The van der Waals surface area contributed by atoms with Gasteiger partial charge in [-0.25, -0.2) is 4.98 Å². The molecule has 1 heterocycles. The second-order valence-corrected chi connectivity index (χ2v) is 4.33. The van der Waals surface area contributed by atoms with E-state index in [-0.39, 0.29) is 11.7 Å². The van der Waals surface area contributed by atoms with E-state index < -0.39 is 0 Å². The summed E-state index contributed by atoms with van der Waals surface area (Å²) >= 11 is 11.7. The van der Waals surface area contributed by atoms with Crippen molar-refractivity contribution < 1.29 is 9.94 Å². The minimum Gasteiger partial charge on any atom is -0.438 e. The molecule has 5 nitrogen and oxygen atoms in total. The minimum absolute atomic E-state index is 0.0943. The average molecular weight is 298 g/mol. The van der Waals surface area contributed by atoms with Crippen molar-refractivity contribution in [1.82, 2.24) is 4.98 Å². The van der Waals surface area contributed by atoms with Crippen LogP contribution < -0.4 is 10.5 Å². The maximum atomic E-state index is 8.70. The standard InChI is InChI=1S/C12H9Cl2N3O2/c13-9-4-3-7(6-10(9)14)19-12-8(11(15)17-18)2-1-5-16-12/h1-6,18H,(H2,15,17). The number of nitrogens with two attached hydrogens (primary N) is 1. The molecule has 0 unspecified atom stereocenters. The lowest BCUT2D eigenvalue weighted by atomic mass is 10.2. The number of hydrogen-bond acceptors (Lipinski definition) is 4. The van der Waals surface area contributed by atoms with E-state index in [9.17, 15) is 0 Å². The lowest BCUT2D eigenvalue weighted by Gasteiger charge is -2.09. The van der Waals surface area contributed by atoms with Crippen LogP contribution in [0.4, 0.5) is 0 Å². The largest absolute Gasteiger partial charge is 0.438 e. The Hall–Kier alpha value is -1.98. The number of pyridine rings is 1. The highest BCUT2D eigenvalue weighted by atomic mass is 35.5. The van der Waals surface area contributed by atoms with Crippen molar-refractivity contribution in [2.75, 3.05) is 0 Å². The Bertz CT molecular complexity index is 632. The number of ether oxygens (including phenoxy) is 1. The highest BCUT2D eigenvalue weighted by Crippen LogP contribution is 2.29. The molecule has 7 heteroatoms. The van der Waals surface area contributed by atoms with Gasteiger partial charge in [-0.2, -0.15) is 0 Å². The summed E-state index contributed by atoms with van der Waals surface area (Å²) in [5.74, 6) is 0.555. The predicted octanol–water partition coefficient (Wildman–Crippen LogP) is 3.28. The Morgan fingerprint density at radius 3 is 2.74 bits per heavy atom. The molecule has 3 N–H and O–H groups in total. The number of aromatic nitrogens is 1. The van der Waals surface area contributed by atoms with Gasteiger partial charge in [0.15, 0.2) is 5.84 Å². The summed E-state index contributed by atoms with van der Waals surface area (Å²) in [6.45, 7) is 0. The Balaban J connectivity index is 2.35. The maximum absolute atomic E-state index is 8.70. The number of amidine groups is 1. The molecular formula is C12H9Cl2N3O2. The van der Waals surface area contributed by atoms with E-state index in [0.29, 0.717) is 21.4 Å². The van der Waals surface area contributed by atoms with Crippen LogP contribution >= 0.6 is 23.2 Å². The van der Waals surface area contributed by atoms with Gasteiger partial charge in [-0.05, 0) is 24.3 Å². The Morgan fingerprint density at radius 2 is 2.05 bits per heavy atom. The van der Waals surface area contributed by atoms with E-state index in [0.717, 1.165) is 0 Å². The van der Waals surface area contributed by atoms with Crippen molar-refractivity contribution in [2.24, 2.45) is 10.9 Å². The molecule has 2 rings (SSSR count). The lowest BCUT2D eigenvalue weighted by Crippen LogP contribution is -2.14. The van der Waals surface area contributed by atoms with Gasteiger partial charge in [0.1, 0.15) is 5.75 Å². The molecule has 0 spiro atoms. The van der Waals surface area contributed by atoms with E-state index >= 15 is 0 Å². The highest BCUT2D eigenvalue weighted by Gasteiger charge is 2.11. The molecule has 0 saturated heterocycles. The molecule has 0 radical (unpaired) electrons. The smallest absolute Gasteiger partial charge is 0.230 e. The molecule has 0 aliphatic rings. The molecule has 1 aromatic heterocycles. The third kappa shape index (κ3) is 3.07. The van der Waals surface area contributed by atoms with Crippen LogP contribution in [0.3, 0.4) is 0 Å². The number of benzene rings is 1. The van der Waals surface area contributed by atoms with Gasteiger partial charge in [0.05, 0.1) is 15.6 Å². The van der Waals surface area contributed by atoms with E-state index in [1.54, 1.807) is 30.3 Å². The van der Waals surface area contributed by atoms with Gasteiger partial charge in [-0.1, -0.05) is 28.4 Å². The SMILES string of the molecule is N/C(=N\O)c1cccnc1Oc1ccc(Cl)c(Cl)c1. The maximum Gasteiger partial charge on any atom is 0.230 e. The van der Waals surface area contributed by atoms with Crippen molar-refractivity contribution in [3.63, 3.8) is 0 Å². The number of rotatable bonds is 3. The zero-order chi connectivity index (χ0) is 13.8. The first kappa shape index (κ1) is 13.5. The van der Waals surface area contributed by atoms with Crippen LogP contribution in [0.25, 0.3) is 0 Å². The third-order valence-electron chi connectivity index (χ3n) is 2.26. The summed E-state index contributed by atoms with van der Waals surface area (Å²) in [5.41, 5.74) is 5.91. The first-order valence-electron chi connectivity index (χ1n) is 5.17. The van der Waals surface area contributed by atoms with Crippen molar-refractivity contribution in [2.45, 2.75) is 0 Å². The molecule has 0 aliphatic carbocycles. The van der Waals surface area contributed by atoms with Crippen LogP contribution in [-0.2, 0) is 0 Å². The fraction of sp³-hybridized carbons (Fsp3) is 0. The molecule has 0 saturated carbocycles. The van der Waals surface area contributed by atoms with E-state index in [2.05, 4.69) is 10.1 Å². The van der Waals surface area contributed by atoms with Crippen molar-refractivity contribution >= 4 is 29.0 Å². The topological polar surface area (TPSA) is 80.7 Å². The molecule has 0 fully saturated rings. The second kappa shape index (κ2) is 5.77. The first-order chi connectivity index (χ1) is 9.11. The molecule has 0 bridgehead atoms. The fourth-order valence-electron chi connectivity index (χ4n) is 1.37. The van der Waals surface area contributed by atoms with Gasteiger partial charge in [-0.15, -0.1) is 0 Å². The normalized spacial score (nSPS) is 11.4. The number of nitrogens with zero attached hydrogens (tertiary/aromatic N) is 2. The summed E-state index contributed by atoms with van der Waals surface area (Å²) < 4.78 is 5.54. The van der Waals surface area contributed by atoms with Gasteiger partial charge in [-0.3, -0.25) is 0 Å². The predicted molar refractivity (Wildman–Crippen MR) is 73.3 cm³/mol. The van der Waals surface area contributed by atoms with Crippen LogP contribution in [-0.4, -0.2) is 16.0 Å². The van der Waals surface area contributed by atoms with Crippen LogP contribution in [0.15, 0.2) is 41.7 Å². The molecule has 98 valence electrons. The van der Waals surface area contributed by atoms with Crippen LogP contribution in [0.5, 0.6) is 11.6 Å². The second-order valence-electron chi connectivity index (χ2n) is 3.52. The Morgan fingerprint density at radius 1 is 1.26 bits per heavy atom. The van der Waals surface area contributed by atoms with Gasteiger partial charge >= 0.3 is 0 Å². The molecule has 2 aromatic rings. The molecule has 0 atom stereocenters. The Labute approximate surface area is 119 Å². The van der Waals surface area contributed by atoms with Crippen LogP contribution in [0, 0.1) is 0 Å². The summed E-state index contributed by atoms with van der Waals surface area (Å²) in [4.78, 5) is 4.02. The number of halogens is 2.